The summed E-state index contributed by atoms with van der Waals surface area (Å²) in [6, 6.07) is 15.3. The number of methoxy groups -OCH3 is 1. The van der Waals surface area contributed by atoms with Crippen LogP contribution in [-0.2, 0) is 22.7 Å². The van der Waals surface area contributed by atoms with Crippen LogP contribution < -0.4 is 10.1 Å². The standard InChI is InChI=1S/C18H20BrNO3/c1-13(23-17-9-7-16(19)8-10-17)18(21)20-11-14-3-5-15(6-4-14)12-22-2/h3-10,13H,11-12H2,1-2H3,(H,20,21). The van der Waals surface area contributed by atoms with Crippen LogP contribution >= 0.6 is 15.9 Å². The van der Waals surface area contributed by atoms with Crippen molar-refractivity contribution in [3.05, 3.63) is 64.1 Å². The van der Waals surface area contributed by atoms with Gasteiger partial charge in [0, 0.05) is 18.1 Å². The molecule has 0 heterocycles. The molecule has 1 unspecified atom stereocenters. The Bertz CT molecular complexity index is 626. The fourth-order valence-electron chi connectivity index (χ4n) is 2.02. The molecule has 0 saturated carbocycles. The van der Waals surface area contributed by atoms with Crippen molar-refractivity contribution in [1.29, 1.82) is 0 Å². The first-order chi connectivity index (χ1) is 11.1. The van der Waals surface area contributed by atoms with Crippen molar-refractivity contribution in [1.82, 2.24) is 5.32 Å². The quantitative estimate of drug-likeness (QED) is 0.800. The molecule has 0 aliphatic heterocycles. The molecular formula is C18H20BrNO3. The lowest BCUT2D eigenvalue weighted by Gasteiger charge is -2.15. The summed E-state index contributed by atoms with van der Waals surface area (Å²) >= 11 is 3.36. The maximum atomic E-state index is 12.1. The molecule has 2 aromatic carbocycles. The fourth-order valence-corrected chi connectivity index (χ4v) is 2.29. The van der Waals surface area contributed by atoms with Crippen LogP contribution in [0.1, 0.15) is 18.1 Å². The van der Waals surface area contributed by atoms with Crippen LogP contribution in [0.5, 0.6) is 5.75 Å². The zero-order chi connectivity index (χ0) is 16.7. The van der Waals surface area contributed by atoms with Gasteiger partial charge in [-0.05, 0) is 42.3 Å². The Labute approximate surface area is 144 Å². The van der Waals surface area contributed by atoms with Gasteiger partial charge in [0.15, 0.2) is 6.10 Å². The minimum Gasteiger partial charge on any atom is -0.481 e. The van der Waals surface area contributed by atoms with E-state index in [0.29, 0.717) is 18.9 Å². The predicted molar refractivity (Wildman–Crippen MR) is 93.2 cm³/mol. The maximum Gasteiger partial charge on any atom is 0.261 e. The van der Waals surface area contributed by atoms with E-state index in [2.05, 4.69) is 21.2 Å². The Morgan fingerprint density at radius 1 is 1.09 bits per heavy atom. The van der Waals surface area contributed by atoms with Gasteiger partial charge < -0.3 is 14.8 Å². The molecule has 2 rings (SSSR count). The van der Waals surface area contributed by atoms with Gasteiger partial charge in [0.05, 0.1) is 6.61 Å². The average molecular weight is 378 g/mol. The lowest BCUT2D eigenvalue weighted by atomic mass is 10.1. The van der Waals surface area contributed by atoms with E-state index in [1.54, 1.807) is 14.0 Å². The topological polar surface area (TPSA) is 47.6 Å². The van der Waals surface area contributed by atoms with Gasteiger partial charge in [-0.1, -0.05) is 40.2 Å². The van der Waals surface area contributed by atoms with E-state index in [9.17, 15) is 4.79 Å². The summed E-state index contributed by atoms with van der Waals surface area (Å²) in [5.41, 5.74) is 2.14. The summed E-state index contributed by atoms with van der Waals surface area (Å²) in [6.45, 7) is 2.80. The first-order valence-electron chi connectivity index (χ1n) is 7.35. The van der Waals surface area contributed by atoms with Gasteiger partial charge in [0.2, 0.25) is 0 Å². The van der Waals surface area contributed by atoms with E-state index < -0.39 is 6.10 Å². The zero-order valence-electron chi connectivity index (χ0n) is 13.2. The van der Waals surface area contributed by atoms with Crippen molar-refractivity contribution in [3.8, 4) is 5.75 Å². The van der Waals surface area contributed by atoms with Crippen LogP contribution in [0.3, 0.4) is 0 Å². The molecule has 0 aromatic heterocycles. The second kappa shape index (κ2) is 8.70. The summed E-state index contributed by atoms with van der Waals surface area (Å²) in [5.74, 6) is 0.522. The van der Waals surface area contributed by atoms with Gasteiger partial charge in [-0.2, -0.15) is 0 Å². The van der Waals surface area contributed by atoms with Crippen LogP contribution in [0.4, 0.5) is 0 Å². The van der Waals surface area contributed by atoms with Crippen molar-refractivity contribution in [3.63, 3.8) is 0 Å². The lowest BCUT2D eigenvalue weighted by molar-refractivity contribution is -0.127. The number of hydrogen-bond acceptors (Lipinski definition) is 3. The van der Waals surface area contributed by atoms with Crippen molar-refractivity contribution in [2.45, 2.75) is 26.2 Å². The summed E-state index contributed by atoms with van der Waals surface area (Å²) in [5, 5.41) is 2.88. The van der Waals surface area contributed by atoms with Crippen molar-refractivity contribution >= 4 is 21.8 Å². The SMILES string of the molecule is COCc1ccc(CNC(=O)C(C)Oc2ccc(Br)cc2)cc1. The normalized spacial score (nSPS) is 11.8. The van der Waals surface area contributed by atoms with E-state index in [0.717, 1.165) is 15.6 Å². The highest BCUT2D eigenvalue weighted by Crippen LogP contribution is 2.17. The van der Waals surface area contributed by atoms with Crippen LogP contribution in [-0.4, -0.2) is 19.1 Å². The van der Waals surface area contributed by atoms with E-state index in [1.165, 1.54) is 0 Å². The monoisotopic (exact) mass is 377 g/mol. The van der Waals surface area contributed by atoms with Crippen LogP contribution in [0.15, 0.2) is 53.0 Å². The van der Waals surface area contributed by atoms with Crippen LogP contribution in [0, 0.1) is 0 Å². The number of rotatable bonds is 7. The third-order valence-corrected chi connectivity index (χ3v) is 3.83. The smallest absolute Gasteiger partial charge is 0.261 e. The summed E-state index contributed by atoms with van der Waals surface area (Å²) in [6.07, 6.45) is -0.552. The van der Waals surface area contributed by atoms with Gasteiger partial charge in [-0.25, -0.2) is 0 Å². The number of carbonyl (C=O) groups is 1. The molecule has 1 amide bonds. The largest absolute Gasteiger partial charge is 0.481 e. The minimum absolute atomic E-state index is 0.145. The molecule has 0 spiro atoms. The molecule has 23 heavy (non-hydrogen) atoms. The van der Waals surface area contributed by atoms with Gasteiger partial charge in [-0.15, -0.1) is 0 Å². The molecular weight excluding hydrogens is 358 g/mol. The average Bonchev–Trinajstić information content (AvgIpc) is 2.56. The molecule has 0 bridgehead atoms. The summed E-state index contributed by atoms with van der Waals surface area (Å²) in [7, 11) is 1.67. The number of nitrogens with one attached hydrogen (secondary N) is 1. The van der Waals surface area contributed by atoms with Crippen molar-refractivity contribution < 1.29 is 14.3 Å². The Hall–Kier alpha value is -1.85. The van der Waals surface area contributed by atoms with Gasteiger partial charge in [-0.3, -0.25) is 4.79 Å². The highest BCUT2D eigenvalue weighted by Gasteiger charge is 2.14. The molecule has 2 aromatic rings. The van der Waals surface area contributed by atoms with Gasteiger partial charge in [0.25, 0.3) is 5.91 Å². The van der Waals surface area contributed by atoms with Crippen LogP contribution in [0.25, 0.3) is 0 Å². The molecule has 1 atom stereocenters. The zero-order valence-corrected chi connectivity index (χ0v) is 14.8. The van der Waals surface area contributed by atoms with Crippen molar-refractivity contribution in [2.75, 3.05) is 7.11 Å². The van der Waals surface area contributed by atoms with E-state index in [-0.39, 0.29) is 5.91 Å². The van der Waals surface area contributed by atoms with Crippen molar-refractivity contribution in [2.24, 2.45) is 0 Å². The molecule has 5 heteroatoms. The third kappa shape index (κ3) is 5.69. The highest BCUT2D eigenvalue weighted by atomic mass is 79.9. The molecule has 0 saturated heterocycles. The molecule has 0 aliphatic rings. The number of benzene rings is 2. The highest BCUT2D eigenvalue weighted by molar-refractivity contribution is 9.10. The molecule has 0 fully saturated rings. The lowest BCUT2D eigenvalue weighted by Crippen LogP contribution is -2.35. The summed E-state index contributed by atoms with van der Waals surface area (Å²) < 4.78 is 11.7. The second-order valence-electron chi connectivity index (χ2n) is 5.18. The van der Waals surface area contributed by atoms with Gasteiger partial charge >= 0.3 is 0 Å². The van der Waals surface area contributed by atoms with E-state index in [1.807, 2.05) is 48.5 Å². The fraction of sp³-hybridized carbons (Fsp3) is 0.278. The Kier molecular flexibility index (Phi) is 6.62. The number of ether oxygens (including phenoxy) is 2. The second-order valence-corrected chi connectivity index (χ2v) is 6.10. The molecule has 4 nitrogen and oxygen atoms in total. The molecule has 0 radical (unpaired) electrons. The number of amides is 1. The molecule has 1 N–H and O–H groups in total. The third-order valence-electron chi connectivity index (χ3n) is 3.30. The molecule has 0 aliphatic carbocycles. The Balaban J connectivity index is 1.82. The van der Waals surface area contributed by atoms with E-state index in [4.69, 9.17) is 9.47 Å². The minimum atomic E-state index is -0.552. The predicted octanol–water partition coefficient (Wildman–Crippen LogP) is 3.68. The first-order valence-corrected chi connectivity index (χ1v) is 8.14. The van der Waals surface area contributed by atoms with Crippen LogP contribution in [0.2, 0.25) is 0 Å². The number of carbonyl (C=O) groups excluding carboxylic acids is 1. The number of hydrogen-bond donors (Lipinski definition) is 1. The molecule has 122 valence electrons. The number of halogens is 1. The summed E-state index contributed by atoms with van der Waals surface area (Å²) in [4.78, 5) is 12.1. The first kappa shape index (κ1) is 17.5. The maximum absolute atomic E-state index is 12.1. The van der Waals surface area contributed by atoms with E-state index >= 15 is 0 Å². The Morgan fingerprint density at radius 3 is 2.30 bits per heavy atom. The Morgan fingerprint density at radius 2 is 1.70 bits per heavy atom. The van der Waals surface area contributed by atoms with Gasteiger partial charge in [0.1, 0.15) is 5.75 Å².